The van der Waals surface area contributed by atoms with Crippen LogP contribution >= 0.6 is 11.6 Å². The van der Waals surface area contributed by atoms with E-state index in [2.05, 4.69) is 0 Å². The third-order valence-electron chi connectivity index (χ3n) is 1.97. The molecule has 0 N–H and O–H groups in total. The summed E-state index contributed by atoms with van der Waals surface area (Å²) in [5, 5.41) is 8.84. The Labute approximate surface area is 105 Å². The van der Waals surface area contributed by atoms with Gasteiger partial charge in [-0.05, 0) is 23.8 Å². The Hall–Kier alpha value is -1.57. The predicted molar refractivity (Wildman–Crippen MR) is 62.9 cm³/mol. The molecule has 0 aromatic heterocycles. The SMILES string of the molecule is COc1cc(Cl)cc(COCC(=O)CC#N)c1. The van der Waals surface area contributed by atoms with Gasteiger partial charge in [0.15, 0.2) is 5.78 Å². The molecule has 0 bridgehead atoms. The minimum atomic E-state index is -0.235. The van der Waals surface area contributed by atoms with Crippen LogP contribution in [0.3, 0.4) is 0 Å². The summed E-state index contributed by atoms with van der Waals surface area (Å²) in [6.07, 6.45) is -0.126. The topological polar surface area (TPSA) is 59.3 Å². The maximum absolute atomic E-state index is 11.0. The zero-order valence-corrected chi connectivity index (χ0v) is 10.2. The molecule has 0 saturated heterocycles. The fraction of sp³-hybridized carbons (Fsp3) is 0.333. The predicted octanol–water partition coefficient (Wildman–Crippen LogP) is 2.35. The van der Waals surface area contributed by atoms with Crippen LogP contribution in [0.4, 0.5) is 0 Å². The van der Waals surface area contributed by atoms with Crippen molar-refractivity contribution in [3.05, 3.63) is 28.8 Å². The zero-order chi connectivity index (χ0) is 12.7. The fourth-order valence-electron chi connectivity index (χ4n) is 1.24. The maximum Gasteiger partial charge on any atom is 0.172 e. The zero-order valence-electron chi connectivity index (χ0n) is 9.40. The van der Waals surface area contributed by atoms with Crippen molar-refractivity contribution in [1.82, 2.24) is 0 Å². The Morgan fingerprint density at radius 2 is 2.24 bits per heavy atom. The van der Waals surface area contributed by atoms with Crippen molar-refractivity contribution in [2.24, 2.45) is 0 Å². The average Bonchev–Trinajstić information content (AvgIpc) is 2.28. The second-order valence-corrected chi connectivity index (χ2v) is 3.80. The van der Waals surface area contributed by atoms with Crippen molar-refractivity contribution in [3.63, 3.8) is 0 Å². The molecule has 1 aromatic carbocycles. The molecular formula is C12H12ClNO3. The first-order valence-corrected chi connectivity index (χ1v) is 5.33. The first-order valence-electron chi connectivity index (χ1n) is 4.95. The van der Waals surface area contributed by atoms with Crippen LogP contribution in [-0.4, -0.2) is 19.5 Å². The van der Waals surface area contributed by atoms with Gasteiger partial charge in [-0.2, -0.15) is 5.26 Å². The summed E-state index contributed by atoms with van der Waals surface area (Å²) in [6.45, 7) is 0.191. The van der Waals surface area contributed by atoms with E-state index in [1.165, 1.54) is 0 Å². The molecule has 0 spiro atoms. The van der Waals surface area contributed by atoms with Crippen LogP contribution in [0.5, 0.6) is 5.75 Å². The number of nitrogens with zero attached hydrogens (tertiary/aromatic N) is 1. The number of carbonyl (C=O) groups is 1. The van der Waals surface area contributed by atoms with E-state index in [9.17, 15) is 4.79 Å². The second kappa shape index (κ2) is 6.89. The molecule has 0 atom stereocenters. The van der Waals surface area contributed by atoms with Gasteiger partial charge in [0.05, 0.1) is 26.2 Å². The third-order valence-corrected chi connectivity index (χ3v) is 2.19. The molecule has 0 saturated carbocycles. The summed E-state index contributed by atoms with van der Waals surface area (Å²) >= 11 is 5.87. The Kier molecular flexibility index (Phi) is 5.47. The first kappa shape index (κ1) is 13.5. The average molecular weight is 254 g/mol. The summed E-state index contributed by atoms with van der Waals surface area (Å²) < 4.78 is 10.2. The fourth-order valence-corrected chi connectivity index (χ4v) is 1.49. The van der Waals surface area contributed by atoms with Gasteiger partial charge in [-0.25, -0.2) is 0 Å². The van der Waals surface area contributed by atoms with Gasteiger partial charge in [0.2, 0.25) is 0 Å². The number of methoxy groups -OCH3 is 1. The van der Waals surface area contributed by atoms with Gasteiger partial charge >= 0.3 is 0 Å². The van der Waals surface area contributed by atoms with Crippen molar-refractivity contribution in [3.8, 4) is 11.8 Å². The molecule has 0 amide bonds. The monoisotopic (exact) mass is 253 g/mol. The molecule has 0 aliphatic carbocycles. The maximum atomic E-state index is 11.0. The molecule has 0 heterocycles. The number of nitriles is 1. The Morgan fingerprint density at radius 1 is 1.47 bits per heavy atom. The van der Waals surface area contributed by atoms with Crippen LogP contribution in [-0.2, 0) is 16.1 Å². The standard InChI is InChI=1S/C12H12ClNO3/c1-16-12-5-9(4-10(13)6-12)7-17-8-11(15)2-3-14/h4-6H,2,7-8H2,1H3. The molecule has 0 aliphatic rings. The highest BCUT2D eigenvalue weighted by atomic mass is 35.5. The number of carbonyl (C=O) groups excluding carboxylic acids is 1. The minimum absolute atomic E-state index is 0.0671. The third kappa shape index (κ3) is 4.85. The van der Waals surface area contributed by atoms with Gasteiger partial charge in [0.1, 0.15) is 12.4 Å². The second-order valence-electron chi connectivity index (χ2n) is 3.37. The number of hydrogen-bond donors (Lipinski definition) is 0. The number of ketones is 1. The quantitative estimate of drug-likeness (QED) is 0.781. The molecule has 0 unspecified atom stereocenters. The van der Waals surface area contributed by atoms with Gasteiger partial charge < -0.3 is 9.47 Å². The lowest BCUT2D eigenvalue weighted by Crippen LogP contribution is -2.07. The highest BCUT2D eigenvalue weighted by molar-refractivity contribution is 6.30. The van der Waals surface area contributed by atoms with E-state index in [1.54, 1.807) is 31.4 Å². The van der Waals surface area contributed by atoms with Gasteiger partial charge in [-0.1, -0.05) is 11.6 Å². The highest BCUT2D eigenvalue weighted by Crippen LogP contribution is 2.21. The molecule has 1 aromatic rings. The molecule has 1 rings (SSSR count). The van der Waals surface area contributed by atoms with E-state index >= 15 is 0 Å². The summed E-state index contributed by atoms with van der Waals surface area (Å²) in [5.74, 6) is 0.404. The molecule has 5 heteroatoms. The normalized spacial score (nSPS) is 9.71. The van der Waals surface area contributed by atoms with E-state index in [0.717, 1.165) is 5.56 Å². The summed E-state index contributed by atoms with van der Waals surface area (Å²) in [5.41, 5.74) is 0.819. The highest BCUT2D eigenvalue weighted by Gasteiger charge is 2.03. The van der Waals surface area contributed by atoms with Crippen molar-refractivity contribution < 1.29 is 14.3 Å². The number of ether oxygens (including phenoxy) is 2. The van der Waals surface area contributed by atoms with Crippen molar-refractivity contribution in [2.75, 3.05) is 13.7 Å². The summed E-state index contributed by atoms with van der Waals surface area (Å²) in [6, 6.07) is 6.97. The molecule has 4 nitrogen and oxygen atoms in total. The van der Waals surface area contributed by atoms with Crippen LogP contribution in [0.2, 0.25) is 5.02 Å². The Morgan fingerprint density at radius 3 is 2.88 bits per heavy atom. The largest absolute Gasteiger partial charge is 0.497 e. The molecule has 0 aliphatic heterocycles. The van der Waals surface area contributed by atoms with Crippen LogP contribution in [0.25, 0.3) is 0 Å². The van der Waals surface area contributed by atoms with Gasteiger partial charge in [-0.15, -0.1) is 0 Å². The van der Waals surface area contributed by atoms with Crippen molar-refractivity contribution in [2.45, 2.75) is 13.0 Å². The van der Waals surface area contributed by atoms with Crippen LogP contribution < -0.4 is 4.74 Å². The lowest BCUT2D eigenvalue weighted by molar-refractivity contribution is -0.123. The number of hydrogen-bond acceptors (Lipinski definition) is 4. The molecule has 0 fully saturated rings. The van der Waals surface area contributed by atoms with Gasteiger partial charge in [0, 0.05) is 5.02 Å². The van der Waals surface area contributed by atoms with Gasteiger partial charge in [0.25, 0.3) is 0 Å². The number of halogens is 1. The lowest BCUT2D eigenvalue weighted by Gasteiger charge is -2.06. The van der Waals surface area contributed by atoms with Crippen LogP contribution in [0.1, 0.15) is 12.0 Å². The molecule has 90 valence electrons. The van der Waals surface area contributed by atoms with E-state index in [4.69, 9.17) is 26.3 Å². The van der Waals surface area contributed by atoms with Crippen LogP contribution in [0.15, 0.2) is 18.2 Å². The summed E-state index contributed by atoms with van der Waals surface area (Å²) in [7, 11) is 1.55. The number of rotatable bonds is 6. The van der Waals surface area contributed by atoms with E-state index in [-0.39, 0.29) is 25.4 Å². The van der Waals surface area contributed by atoms with Crippen LogP contribution in [0, 0.1) is 11.3 Å². The minimum Gasteiger partial charge on any atom is -0.497 e. The Balaban J connectivity index is 2.49. The van der Waals surface area contributed by atoms with E-state index in [1.807, 2.05) is 0 Å². The Bertz CT molecular complexity index is 440. The van der Waals surface area contributed by atoms with Gasteiger partial charge in [-0.3, -0.25) is 4.79 Å². The number of benzene rings is 1. The first-order chi connectivity index (χ1) is 8.15. The van der Waals surface area contributed by atoms with Crippen molar-refractivity contribution >= 4 is 17.4 Å². The smallest absolute Gasteiger partial charge is 0.172 e. The van der Waals surface area contributed by atoms with E-state index < -0.39 is 0 Å². The summed E-state index contributed by atoms with van der Waals surface area (Å²) in [4.78, 5) is 11.0. The molecule has 17 heavy (non-hydrogen) atoms. The van der Waals surface area contributed by atoms with Crippen molar-refractivity contribution in [1.29, 1.82) is 5.26 Å². The lowest BCUT2D eigenvalue weighted by atomic mass is 10.2. The number of Topliss-reactive ketones (excluding diaryl/α,β-unsaturated/α-hetero) is 1. The van der Waals surface area contributed by atoms with E-state index in [0.29, 0.717) is 10.8 Å². The molecular weight excluding hydrogens is 242 g/mol. The molecule has 0 radical (unpaired) electrons.